The van der Waals surface area contributed by atoms with E-state index >= 15 is 0 Å². The van der Waals surface area contributed by atoms with Gasteiger partial charge in [0.15, 0.2) is 11.5 Å². The first kappa shape index (κ1) is 18.9. The second-order valence-electron chi connectivity index (χ2n) is 6.08. The molecule has 0 saturated carbocycles. The van der Waals surface area contributed by atoms with E-state index in [-0.39, 0.29) is 11.5 Å². The number of aromatic nitrogens is 6. The fourth-order valence-corrected chi connectivity index (χ4v) is 3.25. The number of primary amides is 1. The molecule has 0 unspecified atom stereocenters. The Morgan fingerprint density at radius 1 is 1.07 bits per heavy atom. The van der Waals surface area contributed by atoms with Gasteiger partial charge in [-0.05, 0) is 43.3 Å². The highest BCUT2D eigenvalue weighted by atomic mass is 35.5. The molecule has 11 heteroatoms. The van der Waals surface area contributed by atoms with Crippen molar-refractivity contribution >= 4 is 40.6 Å². The number of carbonyl (C=O) groups is 1. The van der Waals surface area contributed by atoms with Gasteiger partial charge >= 0.3 is 0 Å². The highest BCUT2D eigenvalue weighted by molar-refractivity contribution is 6.37. The van der Waals surface area contributed by atoms with Crippen LogP contribution >= 0.6 is 23.2 Å². The molecule has 0 radical (unpaired) electrons. The minimum atomic E-state index is -0.739. The number of anilines is 2. The number of para-hydroxylation sites is 1. The first-order chi connectivity index (χ1) is 13.9. The van der Waals surface area contributed by atoms with Gasteiger partial charge in [0.05, 0.1) is 27.6 Å². The molecule has 29 heavy (non-hydrogen) atoms. The Kier molecular flexibility index (Phi) is 4.91. The summed E-state index contributed by atoms with van der Waals surface area (Å²) in [4.78, 5) is 13.0. The van der Waals surface area contributed by atoms with Crippen molar-refractivity contribution in [2.24, 2.45) is 5.73 Å². The quantitative estimate of drug-likeness (QED) is 0.503. The molecule has 1 amide bonds. The number of nitrogens with two attached hydrogens (primary N) is 1. The highest BCUT2D eigenvalue weighted by Crippen LogP contribution is 2.29. The average Bonchev–Trinajstić information content (AvgIpc) is 3.29. The van der Waals surface area contributed by atoms with E-state index in [0.717, 1.165) is 11.4 Å². The van der Waals surface area contributed by atoms with Crippen molar-refractivity contribution < 1.29 is 4.79 Å². The van der Waals surface area contributed by atoms with Crippen LogP contribution < -0.4 is 11.1 Å². The monoisotopic (exact) mass is 428 g/mol. The van der Waals surface area contributed by atoms with Gasteiger partial charge in [0.1, 0.15) is 5.69 Å². The molecule has 146 valence electrons. The Bertz CT molecular complexity index is 1180. The molecule has 0 fully saturated rings. The predicted molar refractivity (Wildman–Crippen MR) is 109 cm³/mol. The molecule has 2 aromatic carbocycles. The number of amides is 1. The van der Waals surface area contributed by atoms with E-state index in [1.807, 2.05) is 31.2 Å². The first-order valence-electron chi connectivity index (χ1n) is 8.40. The fraction of sp³-hybridized carbons (Fsp3) is 0.0556. The highest BCUT2D eigenvalue weighted by Gasteiger charge is 2.20. The summed E-state index contributed by atoms with van der Waals surface area (Å²) in [5, 5.41) is 20.1. The van der Waals surface area contributed by atoms with Gasteiger partial charge in [-0.1, -0.05) is 34.5 Å². The molecule has 2 aromatic heterocycles. The molecule has 0 aliphatic heterocycles. The third-order valence-corrected chi connectivity index (χ3v) is 4.69. The van der Waals surface area contributed by atoms with Gasteiger partial charge in [0, 0.05) is 5.69 Å². The number of nitrogens with one attached hydrogen (secondary N) is 1. The minimum Gasteiger partial charge on any atom is -0.364 e. The van der Waals surface area contributed by atoms with Crippen LogP contribution in [0.2, 0.25) is 10.0 Å². The molecule has 2 heterocycles. The van der Waals surface area contributed by atoms with Crippen molar-refractivity contribution in [3.8, 4) is 11.4 Å². The van der Waals surface area contributed by atoms with Crippen molar-refractivity contribution in [2.45, 2.75) is 6.92 Å². The molecule has 0 aliphatic carbocycles. The minimum absolute atomic E-state index is 0.0443. The topological polar surface area (TPSA) is 117 Å². The van der Waals surface area contributed by atoms with Crippen LogP contribution in [0.15, 0.2) is 48.7 Å². The molecule has 4 aromatic rings. The summed E-state index contributed by atoms with van der Waals surface area (Å²) in [5.41, 5.74) is 8.18. The number of hydrogen-bond donors (Lipinski definition) is 2. The number of nitrogens with zero attached hydrogens (tertiary/aromatic N) is 6. The number of rotatable bonds is 5. The third-order valence-electron chi connectivity index (χ3n) is 4.08. The summed E-state index contributed by atoms with van der Waals surface area (Å²) >= 11 is 12.4. The van der Waals surface area contributed by atoms with Crippen LogP contribution in [-0.4, -0.2) is 35.9 Å². The van der Waals surface area contributed by atoms with Gasteiger partial charge in [-0.3, -0.25) is 4.79 Å². The molecular weight excluding hydrogens is 415 g/mol. The van der Waals surface area contributed by atoms with E-state index in [9.17, 15) is 4.79 Å². The molecule has 0 spiro atoms. The number of aryl methyl sites for hydroxylation is 1. The molecule has 3 N–H and O–H groups in total. The van der Waals surface area contributed by atoms with E-state index in [1.54, 1.807) is 29.1 Å². The zero-order valence-corrected chi connectivity index (χ0v) is 16.6. The van der Waals surface area contributed by atoms with E-state index in [1.165, 1.54) is 4.80 Å². The lowest BCUT2D eigenvalue weighted by Gasteiger charge is -2.07. The lowest BCUT2D eigenvalue weighted by Crippen LogP contribution is -2.14. The Labute approximate surface area is 175 Å². The smallest absolute Gasteiger partial charge is 0.273 e. The zero-order chi connectivity index (χ0) is 20.5. The van der Waals surface area contributed by atoms with Gasteiger partial charge in [-0.15, -0.1) is 20.1 Å². The maximum absolute atomic E-state index is 11.9. The number of halogens is 2. The summed E-state index contributed by atoms with van der Waals surface area (Å²) in [7, 11) is 0. The van der Waals surface area contributed by atoms with Crippen molar-refractivity contribution in [1.82, 2.24) is 30.0 Å². The summed E-state index contributed by atoms with van der Waals surface area (Å²) in [5.74, 6) is -0.560. The third kappa shape index (κ3) is 3.65. The molecule has 0 atom stereocenters. The SMILES string of the molecule is Cc1cnnn1-c1ccc(Nc2nn(-c3c(Cl)cccc3Cl)nc2C(N)=O)cc1. The van der Waals surface area contributed by atoms with Crippen LogP contribution in [0.5, 0.6) is 0 Å². The average molecular weight is 429 g/mol. The first-order valence-corrected chi connectivity index (χ1v) is 9.16. The summed E-state index contributed by atoms with van der Waals surface area (Å²) in [6.07, 6.45) is 1.67. The van der Waals surface area contributed by atoms with Crippen molar-refractivity contribution in [1.29, 1.82) is 0 Å². The second kappa shape index (κ2) is 7.53. The van der Waals surface area contributed by atoms with Crippen molar-refractivity contribution in [3.63, 3.8) is 0 Å². The Balaban J connectivity index is 1.67. The van der Waals surface area contributed by atoms with Crippen molar-refractivity contribution in [2.75, 3.05) is 5.32 Å². The second-order valence-corrected chi connectivity index (χ2v) is 6.89. The van der Waals surface area contributed by atoms with E-state index in [2.05, 4.69) is 25.8 Å². The van der Waals surface area contributed by atoms with Crippen LogP contribution in [0.25, 0.3) is 11.4 Å². The lowest BCUT2D eigenvalue weighted by molar-refractivity contribution is 0.0996. The largest absolute Gasteiger partial charge is 0.364 e. The van der Waals surface area contributed by atoms with E-state index in [4.69, 9.17) is 28.9 Å². The van der Waals surface area contributed by atoms with E-state index in [0.29, 0.717) is 21.4 Å². The zero-order valence-electron chi connectivity index (χ0n) is 15.0. The van der Waals surface area contributed by atoms with Gasteiger partial charge in [0.25, 0.3) is 5.91 Å². The summed E-state index contributed by atoms with van der Waals surface area (Å²) in [6.45, 7) is 1.91. The van der Waals surface area contributed by atoms with Crippen LogP contribution in [0.1, 0.15) is 16.2 Å². The molecule has 0 saturated heterocycles. The van der Waals surface area contributed by atoms with Gasteiger partial charge < -0.3 is 11.1 Å². The van der Waals surface area contributed by atoms with E-state index < -0.39 is 5.91 Å². The maximum Gasteiger partial charge on any atom is 0.273 e. The van der Waals surface area contributed by atoms with Gasteiger partial charge in [-0.25, -0.2) is 4.68 Å². The Hall–Kier alpha value is -3.43. The van der Waals surface area contributed by atoms with Crippen LogP contribution in [0.3, 0.4) is 0 Å². The van der Waals surface area contributed by atoms with Crippen LogP contribution in [0, 0.1) is 6.92 Å². The number of carbonyl (C=O) groups excluding carboxylic acids is 1. The number of hydrogen-bond acceptors (Lipinski definition) is 6. The van der Waals surface area contributed by atoms with Crippen LogP contribution in [-0.2, 0) is 0 Å². The summed E-state index contributed by atoms with van der Waals surface area (Å²) < 4.78 is 1.70. The molecule has 0 bridgehead atoms. The lowest BCUT2D eigenvalue weighted by atomic mass is 10.2. The van der Waals surface area contributed by atoms with Gasteiger partial charge in [0.2, 0.25) is 0 Å². The maximum atomic E-state index is 11.9. The van der Waals surface area contributed by atoms with Crippen molar-refractivity contribution in [3.05, 3.63) is 70.1 Å². The fourth-order valence-electron chi connectivity index (χ4n) is 2.70. The molecule has 9 nitrogen and oxygen atoms in total. The Morgan fingerprint density at radius 3 is 2.34 bits per heavy atom. The standard InChI is InChI=1S/C18H14Cl2N8O/c1-10-9-22-26-27(10)12-7-5-11(6-8-12)23-18-15(17(21)29)24-28(25-18)16-13(19)3-2-4-14(16)20/h2-9H,1H3,(H2,21,29)(H,23,25). The number of benzene rings is 2. The van der Waals surface area contributed by atoms with Gasteiger partial charge in [-0.2, -0.15) is 0 Å². The molecule has 4 rings (SSSR count). The molecule has 0 aliphatic rings. The predicted octanol–water partition coefficient (Wildman–Crippen LogP) is 3.31. The summed E-state index contributed by atoms with van der Waals surface area (Å²) in [6, 6.07) is 12.3. The normalized spacial score (nSPS) is 10.9. The Morgan fingerprint density at radius 2 is 1.76 bits per heavy atom. The molecular formula is C18H14Cl2N8O. The van der Waals surface area contributed by atoms with Crippen LogP contribution in [0.4, 0.5) is 11.5 Å².